The number of amides is 1. The van der Waals surface area contributed by atoms with Gasteiger partial charge in [-0.25, -0.2) is 4.79 Å². The van der Waals surface area contributed by atoms with Crippen LogP contribution in [0.25, 0.3) is 0 Å². The van der Waals surface area contributed by atoms with Crippen molar-refractivity contribution in [2.75, 3.05) is 16.0 Å². The summed E-state index contributed by atoms with van der Waals surface area (Å²) in [6.45, 7) is 2.61. The van der Waals surface area contributed by atoms with E-state index in [9.17, 15) is 9.90 Å². The van der Waals surface area contributed by atoms with Gasteiger partial charge in [-0.1, -0.05) is 30.3 Å². The molecule has 3 rings (SSSR count). The topological polar surface area (TPSA) is 78.6 Å². The highest BCUT2D eigenvalue weighted by molar-refractivity contribution is 5.92. The van der Waals surface area contributed by atoms with E-state index in [1.807, 2.05) is 37.3 Å². The molecule has 1 atom stereocenters. The van der Waals surface area contributed by atoms with E-state index in [-0.39, 0.29) is 6.04 Å². The van der Waals surface area contributed by atoms with Crippen molar-refractivity contribution in [3.63, 3.8) is 0 Å². The molecule has 0 saturated heterocycles. The number of hydrogen-bond acceptors (Lipinski definition) is 3. The maximum absolute atomic E-state index is 11.5. The van der Waals surface area contributed by atoms with Crippen LogP contribution in [0.3, 0.4) is 0 Å². The molecule has 2 aromatic carbocycles. The number of nitrogens with zero attached hydrogens (tertiary/aromatic N) is 1. The zero-order chi connectivity index (χ0) is 16.4. The lowest BCUT2D eigenvalue weighted by molar-refractivity contribution is 0.198. The molecule has 4 N–H and O–H groups in total. The number of nitrogen functional groups attached to an aromatic ring is 1. The number of nitrogens with two attached hydrogens (primary N) is 1. The Morgan fingerprint density at radius 2 is 2.04 bits per heavy atom. The molecule has 0 spiro atoms. The van der Waals surface area contributed by atoms with Gasteiger partial charge in [-0.15, -0.1) is 0 Å². The maximum Gasteiger partial charge on any atom is 0.412 e. The van der Waals surface area contributed by atoms with Gasteiger partial charge in [0.1, 0.15) is 0 Å². The van der Waals surface area contributed by atoms with Gasteiger partial charge in [-0.05, 0) is 37.5 Å². The standard InChI is InChI=1S/C18H21N3O2/c1-12-7-8-14-16(21(12)18(22)23)10-9-15(17(14)19)20-11-13-5-3-2-4-6-13/h2-6,9-10,12,20H,7-8,11,19H2,1H3,(H,22,23)/t12-/m0/s1. The molecule has 1 heterocycles. The molecule has 5 nitrogen and oxygen atoms in total. The quantitative estimate of drug-likeness (QED) is 0.755. The molecule has 0 radical (unpaired) electrons. The van der Waals surface area contributed by atoms with E-state index >= 15 is 0 Å². The molecule has 2 aromatic rings. The van der Waals surface area contributed by atoms with Crippen molar-refractivity contribution in [1.82, 2.24) is 0 Å². The highest BCUT2D eigenvalue weighted by Gasteiger charge is 2.29. The third kappa shape index (κ3) is 2.95. The molecular weight excluding hydrogens is 290 g/mol. The van der Waals surface area contributed by atoms with E-state index in [2.05, 4.69) is 17.4 Å². The normalized spacial score (nSPS) is 16.7. The number of hydrogen-bond donors (Lipinski definition) is 3. The predicted octanol–water partition coefficient (Wildman–Crippen LogP) is 3.70. The Labute approximate surface area is 135 Å². The second-order valence-corrected chi connectivity index (χ2v) is 5.90. The zero-order valence-electron chi connectivity index (χ0n) is 13.1. The number of carbonyl (C=O) groups is 1. The summed E-state index contributed by atoms with van der Waals surface area (Å²) in [7, 11) is 0. The molecule has 0 saturated carbocycles. The van der Waals surface area contributed by atoms with Crippen LogP contribution in [-0.2, 0) is 13.0 Å². The Kier molecular flexibility index (Phi) is 4.10. The van der Waals surface area contributed by atoms with Crippen molar-refractivity contribution < 1.29 is 9.90 Å². The summed E-state index contributed by atoms with van der Waals surface area (Å²) < 4.78 is 0. The first-order chi connectivity index (χ1) is 11.1. The Hall–Kier alpha value is -2.69. The van der Waals surface area contributed by atoms with Gasteiger partial charge in [0.25, 0.3) is 0 Å². The lowest BCUT2D eigenvalue weighted by atomic mass is 9.95. The summed E-state index contributed by atoms with van der Waals surface area (Å²) in [4.78, 5) is 12.9. The number of fused-ring (bicyclic) bond motifs is 1. The van der Waals surface area contributed by atoms with Gasteiger partial charge in [0.05, 0.1) is 17.1 Å². The fraction of sp³-hybridized carbons (Fsp3) is 0.278. The van der Waals surface area contributed by atoms with Crippen molar-refractivity contribution >= 4 is 23.2 Å². The summed E-state index contributed by atoms with van der Waals surface area (Å²) in [6, 6.07) is 13.8. The van der Waals surface area contributed by atoms with Gasteiger partial charge in [0, 0.05) is 18.2 Å². The fourth-order valence-corrected chi connectivity index (χ4v) is 3.10. The summed E-state index contributed by atoms with van der Waals surface area (Å²) in [5.74, 6) is 0. The van der Waals surface area contributed by atoms with E-state index in [0.29, 0.717) is 17.9 Å². The highest BCUT2D eigenvalue weighted by Crippen LogP contribution is 2.38. The van der Waals surface area contributed by atoms with Crippen LogP contribution >= 0.6 is 0 Å². The molecule has 0 fully saturated rings. The second-order valence-electron chi connectivity index (χ2n) is 5.90. The summed E-state index contributed by atoms with van der Waals surface area (Å²) in [6.07, 6.45) is 0.654. The van der Waals surface area contributed by atoms with Crippen LogP contribution < -0.4 is 16.0 Å². The third-order valence-corrected chi connectivity index (χ3v) is 4.38. The first kappa shape index (κ1) is 15.2. The first-order valence-corrected chi connectivity index (χ1v) is 7.79. The molecule has 0 aliphatic carbocycles. The highest BCUT2D eigenvalue weighted by atomic mass is 16.4. The Bertz CT molecular complexity index is 716. The van der Waals surface area contributed by atoms with Gasteiger partial charge < -0.3 is 16.2 Å². The Morgan fingerprint density at radius 3 is 2.74 bits per heavy atom. The molecule has 1 aliphatic rings. The van der Waals surface area contributed by atoms with Crippen molar-refractivity contribution in [1.29, 1.82) is 0 Å². The summed E-state index contributed by atoms with van der Waals surface area (Å²) in [5.41, 5.74) is 10.6. The Balaban J connectivity index is 1.86. The zero-order valence-corrected chi connectivity index (χ0v) is 13.1. The van der Waals surface area contributed by atoms with Crippen molar-refractivity contribution in [3.8, 4) is 0 Å². The van der Waals surface area contributed by atoms with E-state index < -0.39 is 6.09 Å². The van der Waals surface area contributed by atoms with E-state index in [1.165, 1.54) is 10.5 Å². The molecule has 120 valence electrons. The molecule has 1 aliphatic heterocycles. The largest absolute Gasteiger partial charge is 0.465 e. The van der Waals surface area contributed by atoms with Crippen molar-refractivity contribution in [2.45, 2.75) is 32.4 Å². The maximum atomic E-state index is 11.5. The molecule has 1 amide bonds. The monoisotopic (exact) mass is 311 g/mol. The molecule has 23 heavy (non-hydrogen) atoms. The number of rotatable bonds is 3. The van der Waals surface area contributed by atoms with Crippen LogP contribution in [0, 0.1) is 0 Å². The van der Waals surface area contributed by atoms with Crippen LogP contribution in [-0.4, -0.2) is 17.2 Å². The lowest BCUT2D eigenvalue weighted by Gasteiger charge is -2.34. The molecule has 0 unspecified atom stereocenters. The average Bonchev–Trinajstić information content (AvgIpc) is 2.54. The van der Waals surface area contributed by atoms with Crippen LogP contribution in [0.1, 0.15) is 24.5 Å². The number of nitrogens with one attached hydrogen (secondary N) is 1. The van der Waals surface area contributed by atoms with Gasteiger partial charge in [-0.3, -0.25) is 4.90 Å². The van der Waals surface area contributed by atoms with Crippen LogP contribution in [0.2, 0.25) is 0 Å². The van der Waals surface area contributed by atoms with Crippen molar-refractivity contribution in [3.05, 3.63) is 53.6 Å². The molecule has 0 bridgehead atoms. The van der Waals surface area contributed by atoms with Gasteiger partial charge in [-0.2, -0.15) is 0 Å². The number of benzene rings is 2. The van der Waals surface area contributed by atoms with E-state index in [0.717, 1.165) is 24.1 Å². The third-order valence-electron chi connectivity index (χ3n) is 4.38. The smallest absolute Gasteiger partial charge is 0.412 e. The second kappa shape index (κ2) is 6.20. The van der Waals surface area contributed by atoms with Crippen LogP contribution in [0.5, 0.6) is 0 Å². The average molecular weight is 311 g/mol. The SMILES string of the molecule is C[C@H]1CCc2c(ccc(NCc3ccccc3)c2N)N1C(=O)O. The number of anilines is 3. The first-order valence-electron chi connectivity index (χ1n) is 7.79. The minimum Gasteiger partial charge on any atom is -0.465 e. The molecular formula is C18H21N3O2. The van der Waals surface area contributed by atoms with Crippen LogP contribution in [0.15, 0.2) is 42.5 Å². The molecule has 5 heteroatoms. The van der Waals surface area contributed by atoms with E-state index in [1.54, 1.807) is 0 Å². The van der Waals surface area contributed by atoms with Gasteiger partial charge in [0.15, 0.2) is 0 Å². The van der Waals surface area contributed by atoms with Crippen molar-refractivity contribution in [2.24, 2.45) is 0 Å². The number of carboxylic acid groups (broad SMARTS) is 1. The van der Waals surface area contributed by atoms with E-state index in [4.69, 9.17) is 5.73 Å². The van der Waals surface area contributed by atoms with Gasteiger partial charge in [0.2, 0.25) is 0 Å². The lowest BCUT2D eigenvalue weighted by Crippen LogP contribution is -2.41. The fourth-order valence-electron chi connectivity index (χ4n) is 3.10. The Morgan fingerprint density at radius 1 is 1.30 bits per heavy atom. The predicted molar refractivity (Wildman–Crippen MR) is 92.9 cm³/mol. The van der Waals surface area contributed by atoms with Gasteiger partial charge >= 0.3 is 6.09 Å². The minimum atomic E-state index is -0.928. The minimum absolute atomic E-state index is 0.0254. The molecule has 0 aromatic heterocycles. The summed E-state index contributed by atoms with van der Waals surface area (Å²) >= 11 is 0. The summed E-state index contributed by atoms with van der Waals surface area (Å²) in [5, 5.41) is 12.8. The van der Waals surface area contributed by atoms with Crippen LogP contribution in [0.4, 0.5) is 21.9 Å².